The Morgan fingerprint density at radius 1 is 0.657 bits per heavy atom. The van der Waals surface area contributed by atoms with Crippen LogP contribution < -0.4 is 4.74 Å². The molecular formula is C34H24O. The molecule has 0 saturated heterocycles. The van der Waals surface area contributed by atoms with Gasteiger partial charge in [-0.3, -0.25) is 0 Å². The minimum Gasteiger partial charge on any atom is -0.456 e. The van der Waals surface area contributed by atoms with E-state index >= 15 is 0 Å². The first-order valence-electron chi connectivity index (χ1n) is 12.1. The maximum absolute atomic E-state index is 6.90. The fourth-order valence-corrected chi connectivity index (χ4v) is 6.20. The number of hydrogen-bond acceptors (Lipinski definition) is 1. The van der Waals surface area contributed by atoms with Crippen LogP contribution in [0.2, 0.25) is 0 Å². The molecule has 1 aliphatic heterocycles. The largest absolute Gasteiger partial charge is 0.456 e. The van der Waals surface area contributed by atoms with Crippen LogP contribution in [0, 0.1) is 6.92 Å². The van der Waals surface area contributed by atoms with E-state index in [4.69, 9.17) is 4.74 Å². The average molecular weight is 449 g/mol. The van der Waals surface area contributed by atoms with Gasteiger partial charge in [0, 0.05) is 16.5 Å². The average Bonchev–Trinajstić information content (AvgIpc) is 3.20. The van der Waals surface area contributed by atoms with E-state index in [0.717, 1.165) is 28.0 Å². The zero-order valence-electron chi connectivity index (χ0n) is 19.6. The second kappa shape index (κ2) is 7.32. The van der Waals surface area contributed by atoms with Gasteiger partial charge in [-0.15, -0.1) is 0 Å². The molecule has 35 heavy (non-hydrogen) atoms. The molecule has 0 fully saturated rings. The first kappa shape index (κ1) is 20.1. The van der Waals surface area contributed by atoms with Crippen molar-refractivity contribution in [1.29, 1.82) is 0 Å². The van der Waals surface area contributed by atoms with Crippen molar-refractivity contribution >= 4 is 16.8 Å². The van der Waals surface area contributed by atoms with E-state index in [2.05, 4.69) is 117 Å². The summed E-state index contributed by atoms with van der Waals surface area (Å²) in [6.45, 7) is 6.01. The third-order valence-corrected chi connectivity index (χ3v) is 7.70. The Hall–Kier alpha value is -4.36. The summed E-state index contributed by atoms with van der Waals surface area (Å²) in [5, 5.41) is 2.33. The molecule has 0 unspecified atom stereocenters. The van der Waals surface area contributed by atoms with Crippen LogP contribution in [0.1, 0.15) is 33.4 Å². The van der Waals surface area contributed by atoms with Gasteiger partial charge in [0.1, 0.15) is 11.5 Å². The van der Waals surface area contributed by atoms with Crippen LogP contribution in [-0.2, 0) is 5.41 Å². The van der Waals surface area contributed by atoms with Crippen LogP contribution in [0.4, 0.5) is 0 Å². The van der Waals surface area contributed by atoms with Gasteiger partial charge >= 0.3 is 0 Å². The molecule has 5 aromatic rings. The number of rotatable bonds is 2. The van der Waals surface area contributed by atoms with E-state index in [1.165, 1.54) is 38.8 Å². The number of fused-ring (bicyclic) bond motifs is 11. The standard InChI is InChI=1S/C34H24O/c1-3-4-11-23-18-20-30-32(22(23)2)35-33-25-13-6-5-12-24(25)19-21-31(33)34(30)28-16-9-7-14-26(28)27-15-8-10-17-29(27)34/h3-21H,1H2,2H3/b11-4-. The summed E-state index contributed by atoms with van der Waals surface area (Å²) in [4.78, 5) is 0. The molecule has 0 N–H and O–H groups in total. The molecule has 166 valence electrons. The van der Waals surface area contributed by atoms with Gasteiger partial charge in [0.2, 0.25) is 0 Å². The highest BCUT2D eigenvalue weighted by atomic mass is 16.5. The smallest absolute Gasteiger partial charge is 0.140 e. The van der Waals surface area contributed by atoms with Crippen molar-refractivity contribution in [3.8, 4) is 22.6 Å². The first-order valence-corrected chi connectivity index (χ1v) is 12.1. The Morgan fingerprint density at radius 2 is 1.29 bits per heavy atom. The van der Waals surface area contributed by atoms with Crippen molar-refractivity contribution in [3.05, 3.63) is 149 Å². The quantitative estimate of drug-likeness (QED) is 0.240. The van der Waals surface area contributed by atoms with Gasteiger partial charge in [-0.1, -0.05) is 122 Å². The lowest BCUT2D eigenvalue weighted by Crippen LogP contribution is -2.32. The van der Waals surface area contributed by atoms with Crippen molar-refractivity contribution in [3.63, 3.8) is 0 Å². The second-order valence-electron chi connectivity index (χ2n) is 9.36. The molecule has 0 bridgehead atoms. The fourth-order valence-electron chi connectivity index (χ4n) is 6.20. The van der Waals surface area contributed by atoms with Gasteiger partial charge in [-0.05, 0) is 45.7 Å². The fraction of sp³-hybridized carbons (Fsp3) is 0.0588. The van der Waals surface area contributed by atoms with Gasteiger partial charge in [0.05, 0.1) is 5.41 Å². The van der Waals surface area contributed by atoms with Crippen molar-refractivity contribution in [2.24, 2.45) is 0 Å². The molecule has 1 spiro atoms. The minimum atomic E-state index is -0.439. The molecule has 7 rings (SSSR count). The van der Waals surface area contributed by atoms with E-state index < -0.39 is 5.41 Å². The molecular weight excluding hydrogens is 424 g/mol. The normalized spacial score (nSPS) is 14.3. The second-order valence-corrected chi connectivity index (χ2v) is 9.36. The van der Waals surface area contributed by atoms with E-state index in [-0.39, 0.29) is 0 Å². The minimum absolute atomic E-state index is 0.439. The SMILES string of the molecule is C=C/C=C\c1ccc2c(c1C)Oc1c(ccc3ccccc13)C21c2ccccc2-c2ccccc21. The van der Waals surface area contributed by atoms with Gasteiger partial charge in [-0.25, -0.2) is 0 Å². The molecule has 0 radical (unpaired) electrons. The third-order valence-electron chi connectivity index (χ3n) is 7.70. The topological polar surface area (TPSA) is 9.23 Å². The van der Waals surface area contributed by atoms with Crippen molar-refractivity contribution < 1.29 is 4.74 Å². The monoisotopic (exact) mass is 448 g/mol. The summed E-state index contributed by atoms with van der Waals surface area (Å²) >= 11 is 0. The highest BCUT2D eigenvalue weighted by Gasteiger charge is 2.51. The lowest BCUT2D eigenvalue weighted by molar-refractivity contribution is 0.438. The van der Waals surface area contributed by atoms with Crippen LogP contribution >= 0.6 is 0 Å². The molecule has 0 atom stereocenters. The highest BCUT2D eigenvalue weighted by Crippen LogP contribution is 2.63. The zero-order valence-corrected chi connectivity index (χ0v) is 19.6. The molecule has 1 nitrogen and oxygen atoms in total. The van der Waals surface area contributed by atoms with Crippen LogP contribution in [-0.4, -0.2) is 0 Å². The number of benzene rings is 5. The Bertz CT molecular complexity index is 1660. The van der Waals surface area contributed by atoms with Crippen LogP contribution in [0.5, 0.6) is 11.5 Å². The number of ether oxygens (including phenoxy) is 1. The summed E-state index contributed by atoms with van der Waals surface area (Å²) in [6.07, 6.45) is 5.90. The molecule has 1 aliphatic carbocycles. The molecule has 0 amide bonds. The van der Waals surface area contributed by atoms with Crippen molar-refractivity contribution in [2.45, 2.75) is 12.3 Å². The Morgan fingerprint density at radius 3 is 2.03 bits per heavy atom. The lowest BCUT2D eigenvalue weighted by Gasteiger charge is -2.40. The molecule has 0 saturated carbocycles. The van der Waals surface area contributed by atoms with E-state index in [1.807, 2.05) is 12.2 Å². The summed E-state index contributed by atoms with van der Waals surface area (Å²) < 4.78 is 6.90. The summed E-state index contributed by atoms with van der Waals surface area (Å²) in [7, 11) is 0. The van der Waals surface area contributed by atoms with Crippen molar-refractivity contribution in [2.75, 3.05) is 0 Å². The molecule has 2 aliphatic rings. The first-order chi connectivity index (χ1) is 17.2. The molecule has 0 aromatic heterocycles. The lowest BCUT2D eigenvalue weighted by atomic mass is 9.65. The predicted molar refractivity (Wildman–Crippen MR) is 145 cm³/mol. The van der Waals surface area contributed by atoms with Gasteiger partial charge in [0.15, 0.2) is 0 Å². The van der Waals surface area contributed by atoms with Crippen LogP contribution in [0.3, 0.4) is 0 Å². The molecule has 5 aromatic carbocycles. The van der Waals surface area contributed by atoms with Gasteiger partial charge in [-0.2, -0.15) is 0 Å². The summed E-state index contributed by atoms with van der Waals surface area (Å²) in [5.74, 6) is 1.90. The van der Waals surface area contributed by atoms with Gasteiger partial charge < -0.3 is 4.74 Å². The Kier molecular flexibility index (Phi) is 4.19. The van der Waals surface area contributed by atoms with E-state index in [1.54, 1.807) is 0 Å². The summed E-state index contributed by atoms with van der Waals surface area (Å²) in [5.41, 5.74) is 9.47. The summed E-state index contributed by atoms with van der Waals surface area (Å²) in [6, 6.07) is 35.2. The maximum atomic E-state index is 6.90. The Labute approximate surface area is 205 Å². The van der Waals surface area contributed by atoms with E-state index in [9.17, 15) is 0 Å². The van der Waals surface area contributed by atoms with E-state index in [0.29, 0.717) is 0 Å². The zero-order chi connectivity index (χ0) is 23.6. The molecule has 1 heterocycles. The highest BCUT2D eigenvalue weighted by molar-refractivity contribution is 5.96. The number of allylic oxidation sites excluding steroid dienone is 2. The predicted octanol–water partition coefficient (Wildman–Crippen LogP) is 8.82. The van der Waals surface area contributed by atoms with Crippen molar-refractivity contribution in [1.82, 2.24) is 0 Å². The molecule has 1 heteroatoms. The van der Waals surface area contributed by atoms with Crippen LogP contribution in [0.25, 0.3) is 28.0 Å². The van der Waals surface area contributed by atoms with Crippen LogP contribution in [0.15, 0.2) is 116 Å². The number of hydrogen-bond donors (Lipinski definition) is 0. The maximum Gasteiger partial charge on any atom is 0.140 e. The third kappa shape index (κ3) is 2.53. The Balaban J connectivity index is 1.68. The van der Waals surface area contributed by atoms with Gasteiger partial charge in [0.25, 0.3) is 0 Å².